The van der Waals surface area contributed by atoms with Gasteiger partial charge in [0.25, 0.3) is 5.88 Å². The molecule has 1 saturated heterocycles. The number of benzene rings is 2. The SMILES string of the molecule is COc1nc2ccccc2nc1N1CCC[C@H](C(=O)NCc2ccccc2C)C1. The van der Waals surface area contributed by atoms with Crippen LogP contribution in [0, 0.1) is 12.8 Å². The lowest BCUT2D eigenvalue weighted by Crippen LogP contribution is -2.43. The molecule has 6 heteroatoms. The summed E-state index contributed by atoms with van der Waals surface area (Å²) in [6.45, 7) is 4.07. The Bertz CT molecular complexity index is 1020. The summed E-state index contributed by atoms with van der Waals surface area (Å²) in [6, 6.07) is 15.9. The molecule has 0 unspecified atom stereocenters. The van der Waals surface area contributed by atoms with Gasteiger partial charge in [0.05, 0.1) is 24.1 Å². The van der Waals surface area contributed by atoms with E-state index in [1.165, 1.54) is 5.56 Å². The van der Waals surface area contributed by atoms with Crippen molar-refractivity contribution in [1.82, 2.24) is 15.3 Å². The molecule has 0 saturated carbocycles. The Kier molecular flexibility index (Phi) is 5.60. The largest absolute Gasteiger partial charge is 0.478 e. The molecule has 0 radical (unpaired) electrons. The number of aryl methyl sites for hydroxylation is 1. The molecule has 2 aromatic carbocycles. The fraction of sp³-hybridized carbons (Fsp3) is 0.348. The molecule has 29 heavy (non-hydrogen) atoms. The lowest BCUT2D eigenvalue weighted by atomic mass is 9.97. The summed E-state index contributed by atoms with van der Waals surface area (Å²) in [5.74, 6) is 1.23. The lowest BCUT2D eigenvalue weighted by Gasteiger charge is -2.33. The number of amides is 1. The quantitative estimate of drug-likeness (QED) is 0.722. The van der Waals surface area contributed by atoms with Crippen LogP contribution >= 0.6 is 0 Å². The summed E-state index contributed by atoms with van der Waals surface area (Å²) >= 11 is 0. The Hall–Kier alpha value is -3.15. The highest BCUT2D eigenvalue weighted by atomic mass is 16.5. The Morgan fingerprint density at radius 2 is 1.86 bits per heavy atom. The van der Waals surface area contributed by atoms with Crippen molar-refractivity contribution in [2.45, 2.75) is 26.3 Å². The zero-order chi connectivity index (χ0) is 20.2. The number of rotatable bonds is 5. The highest BCUT2D eigenvalue weighted by molar-refractivity contribution is 5.80. The maximum Gasteiger partial charge on any atom is 0.257 e. The Balaban J connectivity index is 1.49. The van der Waals surface area contributed by atoms with Crippen molar-refractivity contribution in [2.24, 2.45) is 5.92 Å². The molecule has 1 aliphatic rings. The first kappa shape index (κ1) is 19.2. The molecule has 1 fully saturated rings. The maximum atomic E-state index is 12.8. The number of carbonyl (C=O) groups is 1. The first-order valence-electron chi connectivity index (χ1n) is 10.0. The van der Waals surface area contributed by atoms with Crippen LogP contribution in [-0.2, 0) is 11.3 Å². The van der Waals surface area contributed by atoms with Gasteiger partial charge in [-0.1, -0.05) is 36.4 Å². The summed E-state index contributed by atoms with van der Waals surface area (Å²) in [6.07, 6.45) is 1.81. The van der Waals surface area contributed by atoms with Crippen molar-refractivity contribution < 1.29 is 9.53 Å². The lowest BCUT2D eigenvalue weighted by molar-refractivity contribution is -0.125. The van der Waals surface area contributed by atoms with E-state index in [1.54, 1.807) is 7.11 Å². The summed E-state index contributed by atoms with van der Waals surface area (Å²) in [5.41, 5.74) is 3.97. The normalized spacial score (nSPS) is 16.6. The van der Waals surface area contributed by atoms with Gasteiger partial charge in [-0.15, -0.1) is 0 Å². The molecule has 3 aromatic rings. The molecule has 0 aliphatic carbocycles. The number of methoxy groups -OCH3 is 1. The van der Waals surface area contributed by atoms with Crippen molar-refractivity contribution in [3.8, 4) is 5.88 Å². The van der Waals surface area contributed by atoms with Crippen molar-refractivity contribution in [3.63, 3.8) is 0 Å². The average molecular weight is 390 g/mol. The Labute approximate surface area is 170 Å². The molecular weight excluding hydrogens is 364 g/mol. The number of fused-ring (bicyclic) bond motifs is 1. The van der Waals surface area contributed by atoms with Gasteiger partial charge in [-0.3, -0.25) is 4.79 Å². The number of nitrogens with zero attached hydrogens (tertiary/aromatic N) is 3. The van der Waals surface area contributed by atoms with Crippen LogP contribution in [0.1, 0.15) is 24.0 Å². The zero-order valence-electron chi connectivity index (χ0n) is 16.9. The molecule has 0 spiro atoms. The summed E-state index contributed by atoms with van der Waals surface area (Å²) in [7, 11) is 1.61. The molecule has 2 heterocycles. The van der Waals surface area contributed by atoms with E-state index >= 15 is 0 Å². The van der Waals surface area contributed by atoms with Gasteiger partial charge in [-0.05, 0) is 43.0 Å². The van der Waals surface area contributed by atoms with E-state index in [0.29, 0.717) is 24.8 Å². The number of nitrogens with one attached hydrogen (secondary N) is 1. The molecule has 1 amide bonds. The fourth-order valence-corrected chi connectivity index (χ4v) is 3.84. The number of hydrogen-bond donors (Lipinski definition) is 1. The molecule has 1 aromatic heterocycles. The van der Waals surface area contributed by atoms with E-state index in [0.717, 1.165) is 36.0 Å². The van der Waals surface area contributed by atoms with Crippen molar-refractivity contribution in [3.05, 3.63) is 59.7 Å². The average Bonchev–Trinajstić information content (AvgIpc) is 2.77. The van der Waals surface area contributed by atoms with E-state index in [1.807, 2.05) is 36.4 Å². The van der Waals surface area contributed by atoms with Crippen molar-refractivity contribution in [1.29, 1.82) is 0 Å². The maximum absolute atomic E-state index is 12.8. The number of anilines is 1. The molecule has 4 rings (SSSR count). The topological polar surface area (TPSA) is 67.4 Å². The van der Waals surface area contributed by atoms with Gasteiger partial charge in [0.1, 0.15) is 0 Å². The van der Waals surface area contributed by atoms with Crippen LogP contribution in [0.3, 0.4) is 0 Å². The standard InChI is InChI=1S/C23H26N4O2/c1-16-8-3-4-9-17(16)14-24-22(28)18-10-7-13-27(15-18)21-23(29-2)26-20-12-6-5-11-19(20)25-21/h3-6,8-9,11-12,18H,7,10,13-15H2,1-2H3,(H,24,28)/t18-/m0/s1. The van der Waals surface area contributed by atoms with Crippen molar-refractivity contribution >= 4 is 22.8 Å². The predicted molar refractivity (Wildman–Crippen MR) is 114 cm³/mol. The minimum atomic E-state index is -0.0780. The highest BCUT2D eigenvalue weighted by Gasteiger charge is 2.28. The summed E-state index contributed by atoms with van der Waals surface area (Å²) in [4.78, 5) is 24.3. The first-order valence-corrected chi connectivity index (χ1v) is 10.0. The molecule has 0 bridgehead atoms. The van der Waals surface area contributed by atoms with Gasteiger partial charge in [-0.2, -0.15) is 0 Å². The molecular formula is C23H26N4O2. The minimum absolute atomic E-state index is 0.0780. The van der Waals surface area contributed by atoms with Gasteiger partial charge >= 0.3 is 0 Å². The number of hydrogen-bond acceptors (Lipinski definition) is 5. The molecule has 1 atom stereocenters. The van der Waals surface area contributed by atoms with Crippen LogP contribution in [0.25, 0.3) is 11.0 Å². The smallest absolute Gasteiger partial charge is 0.257 e. The van der Waals surface area contributed by atoms with Crippen LogP contribution in [-0.4, -0.2) is 36.1 Å². The van der Waals surface area contributed by atoms with Crippen LogP contribution in [0.15, 0.2) is 48.5 Å². The van der Waals surface area contributed by atoms with Crippen LogP contribution < -0.4 is 15.0 Å². The van der Waals surface area contributed by atoms with E-state index in [4.69, 9.17) is 9.72 Å². The third-order valence-corrected chi connectivity index (χ3v) is 5.52. The second-order valence-electron chi connectivity index (χ2n) is 7.47. The van der Waals surface area contributed by atoms with Crippen LogP contribution in [0.4, 0.5) is 5.82 Å². The van der Waals surface area contributed by atoms with Gasteiger partial charge in [0.2, 0.25) is 5.91 Å². The van der Waals surface area contributed by atoms with Gasteiger partial charge in [-0.25, -0.2) is 9.97 Å². The zero-order valence-corrected chi connectivity index (χ0v) is 16.9. The van der Waals surface area contributed by atoms with E-state index in [-0.39, 0.29) is 11.8 Å². The van der Waals surface area contributed by atoms with Crippen LogP contribution in [0.2, 0.25) is 0 Å². The van der Waals surface area contributed by atoms with Gasteiger partial charge < -0.3 is 15.0 Å². The van der Waals surface area contributed by atoms with Gasteiger partial charge in [0.15, 0.2) is 5.82 Å². The molecule has 1 aliphatic heterocycles. The first-order chi connectivity index (χ1) is 14.2. The fourth-order valence-electron chi connectivity index (χ4n) is 3.84. The predicted octanol–water partition coefficient (Wildman–Crippen LogP) is 3.48. The summed E-state index contributed by atoms with van der Waals surface area (Å²) < 4.78 is 5.51. The number of carbonyl (C=O) groups excluding carboxylic acids is 1. The minimum Gasteiger partial charge on any atom is -0.478 e. The number of piperidine rings is 1. The third kappa shape index (κ3) is 4.16. The van der Waals surface area contributed by atoms with E-state index < -0.39 is 0 Å². The molecule has 1 N–H and O–H groups in total. The van der Waals surface area contributed by atoms with Gasteiger partial charge in [0, 0.05) is 19.6 Å². The third-order valence-electron chi connectivity index (χ3n) is 5.52. The Morgan fingerprint density at radius 1 is 1.14 bits per heavy atom. The number of aromatic nitrogens is 2. The second kappa shape index (κ2) is 8.47. The summed E-state index contributed by atoms with van der Waals surface area (Å²) in [5, 5.41) is 3.11. The number of ether oxygens (including phenoxy) is 1. The monoisotopic (exact) mass is 390 g/mol. The van der Waals surface area contributed by atoms with Crippen LogP contribution in [0.5, 0.6) is 5.88 Å². The second-order valence-corrected chi connectivity index (χ2v) is 7.47. The van der Waals surface area contributed by atoms with E-state index in [2.05, 4.69) is 34.3 Å². The molecule has 6 nitrogen and oxygen atoms in total. The van der Waals surface area contributed by atoms with Crippen molar-refractivity contribution in [2.75, 3.05) is 25.1 Å². The molecule has 150 valence electrons. The van der Waals surface area contributed by atoms with E-state index in [9.17, 15) is 4.79 Å². The number of para-hydroxylation sites is 2. The highest BCUT2D eigenvalue weighted by Crippen LogP contribution is 2.30. The Morgan fingerprint density at radius 3 is 2.62 bits per heavy atom.